The van der Waals surface area contributed by atoms with Crippen molar-refractivity contribution in [2.45, 2.75) is 11.4 Å². The highest BCUT2D eigenvalue weighted by Crippen LogP contribution is 2.40. The van der Waals surface area contributed by atoms with E-state index in [1.165, 1.54) is 33.3 Å². The minimum absolute atomic E-state index is 0.0802. The highest BCUT2D eigenvalue weighted by atomic mass is 32.2. The third kappa shape index (κ3) is 4.74. The number of nitrogens with one attached hydrogen (secondary N) is 1. The highest BCUT2D eigenvalue weighted by molar-refractivity contribution is 7.89. The molecule has 0 spiro atoms. The van der Waals surface area contributed by atoms with Crippen LogP contribution in [0.3, 0.4) is 0 Å². The molecule has 0 fully saturated rings. The van der Waals surface area contributed by atoms with E-state index in [1.807, 2.05) is 0 Å². The molecule has 1 N–H and O–H groups in total. The second-order valence-corrected chi connectivity index (χ2v) is 8.81. The number of benzene rings is 2. The molecule has 0 bridgehead atoms. The summed E-state index contributed by atoms with van der Waals surface area (Å²) in [7, 11) is 0.866. The van der Waals surface area contributed by atoms with Gasteiger partial charge in [0.25, 0.3) is 0 Å². The van der Waals surface area contributed by atoms with Crippen molar-refractivity contribution >= 4 is 22.0 Å². The van der Waals surface area contributed by atoms with E-state index in [0.717, 1.165) is 4.31 Å². The molecular formula is C21H24N2O6S. The standard InChI is InChI=1S/C21H24N2O6S/c1-23(2)30(25,26)19-7-5-4-6-16(19)14-22-20(24)9-8-15-12-17(27-3)21-18(13-15)28-10-11-29-21/h4-9,12-13H,10-11,14H2,1-3H3,(H,22,24)/b9-8+. The predicted molar refractivity (Wildman–Crippen MR) is 112 cm³/mol. The smallest absolute Gasteiger partial charge is 0.244 e. The van der Waals surface area contributed by atoms with E-state index in [2.05, 4.69) is 5.32 Å². The quantitative estimate of drug-likeness (QED) is 0.673. The maximum Gasteiger partial charge on any atom is 0.244 e. The van der Waals surface area contributed by atoms with Crippen molar-refractivity contribution in [3.63, 3.8) is 0 Å². The molecule has 1 heterocycles. The lowest BCUT2D eigenvalue weighted by Gasteiger charge is -2.20. The minimum Gasteiger partial charge on any atom is -0.493 e. The molecule has 1 aliphatic rings. The topological polar surface area (TPSA) is 94.2 Å². The van der Waals surface area contributed by atoms with Gasteiger partial charge in [-0.3, -0.25) is 4.79 Å². The number of carbonyl (C=O) groups excluding carboxylic acids is 1. The van der Waals surface area contributed by atoms with Gasteiger partial charge >= 0.3 is 0 Å². The molecule has 0 saturated heterocycles. The number of carbonyl (C=O) groups is 1. The van der Waals surface area contributed by atoms with Gasteiger partial charge < -0.3 is 19.5 Å². The zero-order valence-electron chi connectivity index (χ0n) is 17.0. The molecule has 1 amide bonds. The van der Waals surface area contributed by atoms with Gasteiger partial charge in [0.1, 0.15) is 13.2 Å². The summed E-state index contributed by atoms with van der Waals surface area (Å²) in [6, 6.07) is 10.1. The van der Waals surface area contributed by atoms with Crippen molar-refractivity contribution in [2.75, 3.05) is 34.4 Å². The van der Waals surface area contributed by atoms with Crippen molar-refractivity contribution in [3.8, 4) is 17.2 Å². The lowest BCUT2D eigenvalue weighted by Crippen LogP contribution is -2.26. The summed E-state index contributed by atoms with van der Waals surface area (Å²) >= 11 is 0. The molecule has 0 atom stereocenters. The van der Waals surface area contributed by atoms with Crippen molar-refractivity contribution in [1.82, 2.24) is 9.62 Å². The SMILES string of the molecule is COc1cc(/C=C/C(=O)NCc2ccccc2S(=O)(=O)N(C)C)cc2c1OCCO2. The minimum atomic E-state index is -3.60. The monoisotopic (exact) mass is 432 g/mol. The fourth-order valence-corrected chi connectivity index (χ4v) is 4.02. The Bertz CT molecular complexity index is 1050. The van der Waals surface area contributed by atoms with Gasteiger partial charge in [-0.15, -0.1) is 0 Å². The molecule has 2 aromatic carbocycles. The Morgan fingerprint density at radius 3 is 2.67 bits per heavy atom. The molecule has 3 rings (SSSR count). The maximum absolute atomic E-state index is 12.5. The van der Waals surface area contributed by atoms with Crippen LogP contribution >= 0.6 is 0 Å². The zero-order chi connectivity index (χ0) is 21.7. The fraction of sp³-hybridized carbons (Fsp3) is 0.286. The average Bonchev–Trinajstić information content (AvgIpc) is 2.75. The largest absolute Gasteiger partial charge is 0.493 e. The third-order valence-electron chi connectivity index (χ3n) is 4.46. The van der Waals surface area contributed by atoms with Gasteiger partial charge in [0.2, 0.25) is 21.7 Å². The molecule has 30 heavy (non-hydrogen) atoms. The van der Waals surface area contributed by atoms with Crippen LogP contribution in [-0.2, 0) is 21.4 Å². The molecule has 2 aromatic rings. The number of nitrogens with zero attached hydrogens (tertiary/aromatic N) is 1. The number of amides is 1. The summed E-state index contributed by atoms with van der Waals surface area (Å²) in [5, 5.41) is 2.72. The molecule has 0 aromatic heterocycles. The van der Waals surface area contributed by atoms with Crippen LogP contribution in [0.4, 0.5) is 0 Å². The summed E-state index contributed by atoms with van der Waals surface area (Å²) in [6.45, 7) is 0.974. The molecule has 160 valence electrons. The van der Waals surface area contributed by atoms with Gasteiger partial charge in [-0.25, -0.2) is 12.7 Å². The second kappa shape index (κ2) is 9.19. The van der Waals surface area contributed by atoms with Gasteiger partial charge in [-0.1, -0.05) is 18.2 Å². The first-order chi connectivity index (χ1) is 14.3. The normalized spacial score (nSPS) is 13.5. The number of hydrogen-bond acceptors (Lipinski definition) is 6. The van der Waals surface area contributed by atoms with E-state index in [0.29, 0.717) is 41.6 Å². The number of methoxy groups -OCH3 is 1. The van der Waals surface area contributed by atoms with Crippen LogP contribution < -0.4 is 19.5 Å². The van der Waals surface area contributed by atoms with E-state index in [9.17, 15) is 13.2 Å². The predicted octanol–water partition coefficient (Wildman–Crippen LogP) is 2.05. The first kappa shape index (κ1) is 21.7. The first-order valence-corrected chi connectivity index (χ1v) is 10.7. The van der Waals surface area contributed by atoms with Crippen LogP contribution in [-0.4, -0.2) is 53.0 Å². The number of hydrogen-bond donors (Lipinski definition) is 1. The Balaban J connectivity index is 1.71. The molecule has 0 aliphatic carbocycles. The number of fused-ring (bicyclic) bond motifs is 1. The van der Waals surface area contributed by atoms with Crippen molar-refractivity contribution in [3.05, 3.63) is 53.6 Å². The Morgan fingerprint density at radius 1 is 1.20 bits per heavy atom. The lowest BCUT2D eigenvalue weighted by molar-refractivity contribution is -0.116. The van der Waals surface area contributed by atoms with Crippen LogP contribution in [0.2, 0.25) is 0 Å². The van der Waals surface area contributed by atoms with Gasteiger partial charge in [-0.2, -0.15) is 0 Å². The Kier molecular flexibility index (Phi) is 6.63. The second-order valence-electron chi connectivity index (χ2n) is 6.69. The maximum atomic E-state index is 12.5. The Morgan fingerprint density at radius 2 is 1.93 bits per heavy atom. The summed E-state index contributed by atoms with van der Waals surface area (Å²) < 4.78 is 42.5. The summed E-state index contributed by atoms with van der Waals surface area (Å²) in [5.74, 6) is 1.27. The molecule has 9 heteroatoms. The summed E-state index contributed by atoms with van der Waals surface area (Å²) in [6.07, 6.45) is 2.99. The van der Waals surface area contributed by atoms with E-state index >= 15 is 0 Å². The summed E-state index contributed by atoms with van der Waals surface area (Å²) in [4.78, 5) is 12.4. The zero-order valence-corrected chi connectivity index (χ0v) is 17.9. The van der Waals surface area contributed by atoms with Crippen molar-refractivity contribution < 1.29 is 27.4 Å². The highest BCUT2D eigenvalue weighted by Gasteiger charge is 2.21. The summed E-state index contributed by atoms with van der Waals surface area (Å²) in [5.41, 5.74) is 1.22. The molecule has 0 radical (unpaired) electrons. The number of rotatable bonds is 7. The van der Waals surface area contributed by atoms with Crippen LogP contribution in [0, 0.1) is 0 Å². The first-order valence-electron chi connectivity index (χ1n) is 9.27. The van der Waals surface area contributed by atoms with Crippen molar-refractivity contribution in [2.24, 2.45) is 0 Å². The van der Waals surface area contributed by atoms with Gasteiger partial charge in [0.15, 0.2) is 11.5 Å². The van der Waals surface area contributed by atoms with Gasteiger partial charge in [-0.05, 0) is 35.4 Å². The molecule has 0 saturated carbocycles. The number of ether oxygens (including phenoxy) is 3. The Hall–Kier alpha value is -3.04. The van der Waals surface area contributed by atoms with E-state index < -0.39 is 10.0 Å². The fourth-order valence-electron chi connectivity index (χ4n) is 2.90. The van der Waals surface area contributed by atoms with Crippen molar-refractivity contribution in [1.29, 1.82) is 0 Å². The van der Waals surface area contributed by atoms with E-state index in [1.54, 1.807) is 36.4 Å². The Labute approximate surface area is 176 Å². The van der Waals surface area contributed by atoms with E-state index in [4.69, 9.17) is 14.2 Å². The van der Waals surface area contributed by atoms with Gasteiger partial charge in [0.05, 0.1) is 12.0 Å². The molecule has 0 unspecified atom stereocenters. The van der Waals surface area contributed by atoms with Crippen LogP contribution in [0.15, 0.2) is 47.4 Å². The third-order valence-corrected chi connectivity index (χ3v) is 6.38. The molecule has 1 aliphatic heterocycles. The molecular weight excluding hydrogens is 408 g/mol. The molecule has 8 nitrogen and oxygen atoms in total. The number of sulfonamides is 1. The van der Waals surface area contributed by atoms with Gasteiger partial charge in [0, 0.05) is 26.7 Å². The van der Waals surface area contributed by atoms with E-state index in [-0.39, 0.29) is 17.3 Å². The lowest BCUT2D eigenvalue weighted by atomic mass is 10.1. The van der Waals surface area contributed by atoms with Crippen LogP contribution in [0.5, 0.6) is 17.2 Å². The average molecular weight is 432 g/mol. The van der Waals surface area contributed by atoms with Crippen LogP contribution in [0.25, 0.3) is 6.08 Å². The van der Waals surface area contributed by atoms with Crippen LogP contribution in [0.1, 0.15) is 11.1 Å².